The third-order valence-corrected chi connectivity index (χ3v) is 4.74. The van der Waals surface area contributed by atoms with Crippen molar-refractivity contribution in [2.75, 3.05) is 6.61 Å². The van der Waals surface area contributed by atoms with Gasteiger partial charge in [0.05, 0.1) is 12.7 Å². The summed E-state index contributed by atoms with van der Waals surface area (Å²) >= 11 is 1.48. The van der Waals surface area contributed by atoms with Gasteiger partial charge in [0.2, 0.25) is 0 Å². The number of thiophene rings is 1. The second-order valence-electron chi connectivity index (χ2n) is 5.96. The van der Waals surface area contributed by atoms with Crippen LogP contribution in [0.5, 0.6) is 5.75 Å². The summed E-state index contributed by atoms with van der Waals surface area (Å²) in [4.78, 5) is 17.0. The van der Waals surface area contributed by atoms with Crippen molar-refractivity contribution < 1.29 is 14.3 Å². The minimum atomic E-state index is -0.344. The molecular formula is C21H21NO3S. The van der Waals surface area contributed by atoms with Crippen LogP contribution >= 0.6 is 11.3 Å². The van der Waals surface area contributed by atoms with Gasteiger partial charge in [-0.2, -0.15) is 0 Å². The Labute approximate surface area is 157 Å². The van der Waals surface area contributed by atoms with Crippen molar-refractivity contribution in [1.29, 1.82) is 0 Å². The van der Waals surface area contributed by atoms with E-state index in [2.05, 4.69) is 4.99 Å². The van der Waals surface area contributed by atoms with Gasteiger partial charge >= 0.3 is 5.97 Å². The predicted molar refractivity (Wildman–Crippen MR) is 107 cm³/mol. The van der Waals surface area contributed by atoms with Gasteiger partial charge in [-0.05, 0) is 39.0 Å². The first kappa shape index (κ1) is 18.1. The van der Waals surface area contributed by atoms with Crippen molar-refractivity contribution in [3.05, 3.63) is 59.7 Å². The lowest BCUT2D eigenvalue weighted by Gasteiger charge is -2.11. The molecule has 0 aliphatic heterocycles. The molecule has 1 aromatic heterocycles. The van der Waals surface area contributed by atoms with E-state index in [9.17, 15) is 4.79 Å². The quantitative estimate of drug-likeness (QED) is 0.420. The Morgan fingerprint density at radius 2 is 1.88 bits per heavy atom. The highest BCUT2D eigenvalue weighted by Gasteiger charge is 2.19. The summed E-state index contributed by atoms with van der Waals surface area (Å²) in [6, 6.07) is 15.5. The molecule has 0 radical (unpaired) electrons. The number of aliphatic imine (C=N–C) groups is 1. The Morgan fingerprint density at radius 1 is 1.15 bits per heavy atom. The summed E-state index contributed by atoms with van der Waals surface area (Å²) < 4.78 is 12.1. The first-order valence-electron chi connectivity index (χ1n) is 8.58. The van der Waals surface area contributed by atoms with Gasteiger partial charge in [-0.25, -0.2) is 9.79 Å². The molecule has 3 rings (SSSR count). The summed E-state index contributed by atoms with van der Waals surface area (Å²) in [6.45, 7) is 6.10. The molecule has 0 spiro atoms. The van der Waals surface area contributed by atoms with Crippen LogP contribution in [0.25, 0.3) is 10.1 Å². The lowest BCUT2D eigenvalue weighted by molar-refractivity contribution is 0.0530. The van der Waals surface area contributed by atoms with E-state index in [1.807, 2.05) is 62.4 Å². The number of nitrogens with zero attached hydrogens (tertiary/aromatic N) is 1. The molecule has 4 nitrogen and oxygen atoms in total. The summed E-state index contributed by atoms with van der Waals surface area (Å²) in [5.41, 5.74) is 1.39. The number of carbonyl (C=O) groups is 1. The Morgan fingerprint density at radius 3 is 2.65 bits per heavy atom. The fourth-order valence-electron chi connectivity index (χ4n) is 2.60. The Kier molecular flexibility index (Phi) is 5.68. The molecule has 5 heteroatoms. The van der Waals surface area contributed by atoms with Gasteiger partial charge in [0.15, 0.2) is 0 Å². The monoisotopic (exact) mass is 367 g/mol. The van der Waals surface area contributed by atoms with E-state index in [1.165, 1.54) is 11.3 Å². The highest BCUT2D eigenvalue weighted by Crippen LogP contribution is 2.38. The molecule has 2 aromatic carbocycles. The highest BCUT2D eigenvalue weighted by molar-refractivity contribution is 7.23. The number of hydrogen-bond acceptors (Lipinski definition) is 5. The molecule has 134 valence electrons. The molecule has 0 bridgehead atoms. The SMILES string of the molecule is CCOC(=O)c1c(N=Cc2ccccc2OC(C)C)sc2ccccc12. The number of carbonyl (C=O) groups excluding carboxylic acids is 1. The average molecular weight is 367 g/mol. The first-order chi connectivity index (χ1) is 12.6. The standard InChI is InChI=1S/C21H21NO3S/c1-4-24-21(23)19-16-10-6-8-12-18(16)26-20(19)22-13-15-9-5-7-11-17(15)25-14(2)3/h5-14H,4H2,1-3H3. The average Bonchev–Trinajstić information content (AvgIpc) is 2.99. The molecule has 0 fully saturated rings. The number of benzene rings is 2. The van der Waals surface area contributed by atoms with Crippen LogP contribution in [0.15, 0.2) is 53.5 Å². The van der Waals surface area contributed by atoms with E-state index < -0.39 is 0 Å². The predicted octanol–water partition coefficient (Wildman–Crippen LogP) is 5.62. The summed E-state index contributed by atoms with van der Waals surface area (Å²) in [5, 5.41) is 1.51. The maximum absolute atomic E-state index is 12.5. The second-order valence-corrected chi connectivity index (χ2v) is 6.99. The number of esters is 1. The van der Waals surface area contributed by atoms with Crippen LogP contribution in [-0.4, -0.2) is 24.9 Å². The van der Waals surface area contributed by atoms with Crippen LogP contribution in [0, 0.1) is 0 Å². The lowest BCUT2D eigenvalue weighted by Crippen LogP contribution is -2.07. The largest absolute Gasteiger partial charge is 0.490 e. The number of rotatable bonds is 6. The topological polar surface area (TPSA) is 47.9 Å². The minimum absolute atomic E-state index is 0.0731. The van der Waals surface area contributed by atoms with Crippen molar-refractivity contribution in [3.63, 3.8) is 0 Å². The van der Waals surface area contributed by atoms with E-state index in [0.717, 1.165) is 21.4 Å². The van der Waals surface area contributed by atoms with Crippen LogP contribution in [-0.2, 0) is 4.74 Å². The third-order valence-electron chi connectivity index (χ3n) is 3.66. The molecule has 1 heterocycles. The molecule has 0 saturated heterocycles. The lowest BCUT2D eigenvalue weighted by atomic mass is 10.1. The maximum atomic E-state index is 12.5. The Balaban J connectivity index is 2.02. The number of fused-ring (bicyclic) bond motifs is 1. The van der Waals surface area contributed by atoms with Crippen LogP contribution in [0.4, 0.5) is 5.00 Å². The Hall–Kier alpha value is -2.66. The van der Waals surface area contributed by atoms with E-state index in [1.54, 1.807) is 13.1 Å². The fourth-order valence-corrected chi connectivity index (χ4v) is 3.64. The van der Waals surface area contributed by atoms with Crippen LogP contribution in [0.2, 0.25) is 0 Å². The van der Waals surface area contributed by atoms with E-state index in [4.69, 9.17) is 9.47 Å². The summed E-state index contributed by atoms with van der Waals surface area (Å²) in [5.74, 6) is 0.425. The van der Waals surface area contributed by atoms with Gasteiger partial charge in [-0.1, -0.05) is 30.3 Å². The van der Waals surface area contributed by atoms with Crippen LogP contribution in [0.3, 0.4) is 0 Å². The zero-order valence-electron chi connectivity index (χ0n) is 15.1. The summed E-state index contributed by atoms with van der Waals surface area (Å²) in [7, 11) is 0. The van der Waals surface area contributed by atoms with E-state index >= 15 is 0 Å². The van der Waals surface area contributed by atoms with Crippen LogP contribution in [0.1, 0.15) is 36.7 Å². The van der Waals surface area contributed by atoms with Gasteiger partial charge < -0.3 is 9.47 Å². The summed E-state index contributed by atoms with van der Waals surface area (Å²) in [6.07, 6.45) is 1.81. The van der Waals surface area contributed by atoms with Gasteiger partial charge in [0, 0.05) is 21.9 Å². The Bertz CT molecular complexity index is 943. The molecule has 26 heavy (non-hydrogen) atoms. The van der Waals surface area contributed by atoms with Gasteiger partial charge in [0.25, 0.3) is 0 Å². The second kappa shape index (κ2) is 8.15. The van der Waals surface area contributed by atoms with Gasteiger partial charge in [0.1, 0.15) is 16.3 Å². The van der Waals surface area contributed by atoms with Crippen molar-refractivity contribution in [1.82, 2.24) is 0 Å². The molecular weight excluding hydrogens is 346 g/mol. The normalized spacial score (nSPS) is 11.4. The first-order valence-corrected chi connectivity index (χ1v) is 9.40. The third kappa shape index (κ3) is 3.94. The smallest absolute Gasteiger partial charge is 0.341 e. The van der Waals surface area contributed by atoms with Gasteiger partial charge in [-0.3, -0.25) is 0 Å². The minimum Gasteiger partial charge on any atom is -0.490 e. The highest BCUT2D eigenvalue weighted by atomic mass is 32.1. The van der Waals surface area contributed by atoms with Crippen molar-refractivity contribution in [2.45, 2.75) is 26.9 Å². The van der Waals surface area contributed by atoms with Crippen molar-refractivity contribution in [2.24, 2.45) is 4.99 Å². The maximum Gasteiger partial charge on any atom is 0.341 e. The molecule has 0 aliphatic carbocycles. The molecule has 3 aromatic rings. The molecule has 0 saturated carbocycles. The fraction of sp³-hybridized carbons (Fsp3) is 0.238. The van der Waals surface area contributed by atoms with E-state index in [0.29, 0.717) is 17.2 Å². The van der Waals surface area contributed by atoms with E-state index in [-0.39, 0.29) is 12.1 Å². The molecule has 0 amide bonds. The molecule has 0 unspecified atom stereocenters. The zero-order chi connectivity index (χ0) is 18.5. The van der Waals surface area contributed by atoms with Crippen LogP contribution < -0.4 is 4.74 Å². The number of para-hydroxylation sites is 1. The number of hydrogen-bond donors (Lipinski definition) is 0. The number of ether oxygens (including phenoxy) is 2. The van der Waals surface area contributed by atoms with Gasteiger partial charge in [-0.15, -0.1) is 11.3 Å². The molecule has 0 aliphatic rings. The molecule has 0 atom stereocenters. The molecule has 0 N–H and O–H groups in total. The van der Waals surface area contributed by atoms with Crippen molar-refractivity contribution in [3.8, 4) is 5.75 Å². The van der Waals surface area contributed by atoms with Crippen molar-refractivity contribution >= 4 is 38.6 Å². The zero-order valence-corrected chi connectivity index (χ0v) is 15.9.